The number of para-hydroxylation sites is 2. The van der Waals surface area contributed by atoms with Crippen LogP contribution in [0.4, 0.5) is 0 Å². The molecule has 4 heterocycles. The highest BCUT2D eigenvalue weighted by molar-refractivity contribution is 5.78. The van der Waals surface area contributed by atoms with Crippen molar-refractivity contribution in [2.24, 2.45) is 14.1 Å². The molecule has 0 aliphatic carbocycles. The normalized spacial score (nSPS) is 22.3. The molecule has 12 heteroatoms. The Labute approximate surface area is 218 Å². The van der Waals surface area contributed by atoms with Crippen LogP contribution in [0.2, 0.25) is 0 Å². The van der Waals surface area contributed by atoms with Gasteiger partial charge in [-0.3, -0.25) is 18.7 Å². The van der Waals surface area contributed by atoms with Crippen molar-refractivity contribution in [1.29, 1.82) is 0 Å². The molecule has 0 bridgehead atoms. The Morgan fingerprint density at radius 3 is 2.66 bits per heavy atom. The minimum absolute atomic E-state index is 0.0371. The van der Waals surface area contributed by atoms with Crippen LogP contribution in [0.25, 0.3) is 22.2 Å². The minimum atomic E-state index is -1.49. The second-order valence-corrected chi connectivity index (χ2v) is 10.3. The van der Waals surface area contributed by atoms with Crippen molar-refractivity contribution in [3.63, 3.8) is 0 Å². The molecule has 38 heavy (non-hydrogen) atoms. The lowest BCUT2D eigenvalue weighted by Crippen LogP contribution is -2.47. The highest BCUT2D eigenvalue weighted by Gasteiger charge is 2.42. The molecule has 1 fully saturated rings. The summed E-state index contributed by atoms with van der Waals surface area (Å²) in [6.07, 6.45) is 1.47. The molecule has 1 saturated heterocycles. The van der Waals surface area contributed by atoms with E-state index in [4.69, 9.17) is 0 Å². The third-order valence-electron chi connectivity index (χ3n) is 7.62. The molecule has 1 amide bonds. The fourth-order valence-corrected chi connectivity index (χ4v) is 5.61. The van der Waals surface area contributed by atoms with Gasteiger partial charge in [0.1, 0.15) is 11.4 Å². The fraction of sp³-hybridized carbons (Fsp3) is 0.500. The van der Waals surface area contributed by atoms with E-state index >= 15 is 0 Å². The van der Waals surface area contributed by atoms with Crippen LogP contribution < -0.4 is 11.2 Å². The van der Waals surface area contributed by atoms with Gasteiger partial charge in [0.05, 0.1) is 36.1 Å². The van der Waals surface area contributed by atoms with Gasteiger partial charge in [-0.25, -0.2) is 14.8 Å². The Bertz CT molecular complexity index is 1640. The summed E-state index contributed by atoms with van der Waals surface area (Å²) in [6.45, 7) is 4.06. The summed E-state index contributed by atoms with van der Waals surface area (Å²) in [5.41, 5.74) is -0.342. The molecule has 12 nitrogen and oxygen atoms in total. The molecule has 202 valence electrons. The SMILES string of the molecule is CCc1nc2ccccc2n1CCC(=O)N1C[C@H](O)C[C@@H](n2cnc3c2c(=O)n(C)c(=O)n3C)[C@](C)(O)C1. The Kier molecular flexibility index (Phi) is 6.48. The number of imidazole rings is 2. The monoisotopic (exact) mass is 523 g/mol. The fourth-order valence-electron chi connectivity index (χ4n) is 5.61. The number of nitrogens with zero attached hydrogens (tertiary/aromatic N) is 7. The van der Waals surface area contributed by atoms with Crippen LogP contribution in [0.1, 0.15) is 38.6 Å². The number of rotatable bonds is 5. The predicted octanol–water partition coefficient (Wildman–Crippen LogP) is 0.321. The molecule has 0 unspecified atom stereocenters. The molecule has 0 spiro atoms. The van der Waals surface area contributed by atoms with Gasteiger partial charge >= 0.3 is 5.69 Å². The molecule has 2 N–H and O–H groups in total. The summed E-state index contributed by atoms with van der Waals surface area (Å²) in [7, 11) is 2.91. The summed E-state index contributed by atoms with van der Waals surface area (Å²) in [5.74, 6) is 0.698. The summed E-state index contributed by atoms with van der Waals surface area (Å²) in [4.78, 5) is 49.1. The Morgan fingerprint density at radius 1 is 1.18 bits per heavy atom. The van der Waals surface area contributed by atoms with Crippen LogP contribution in [-0.4, -0.2) is 74.1 Å². The van der Waals surface area contributed by atoms with Gasteiger partial charge in [0, 0.05) is 40.0 Å². The van der Waals surface area contributed by atoms with E-state index in [1.54, 1.807) is 6.92 Å². The van der Waals surface area contributed by atoms with Crippen molar-refractivity contribution in [3.05, 3.63) is 57.3 Å². The minimum Gasteiger partial charge on any atom is -0.391 e. The first kappa shape index (κ1) is 25.9. The van der Waals surface area contributed by atoms with Crippen LogP contribution >= 0.6 is 0 Å². The zero-order valence-electron chi connectivity index (χ0n) is 22.0. The largest absolute Gasteiger partial charge is 0.391 e. The summed E-state index contributed by atoms with van der Waals surface area (Å²) >= 11 is 0. The zero-order chi connectivity index (χ0) is 27.4. The van der Waals surface area contributed by atoms with Gasteiger partial charge in [-0.05, 0) is 25.5 Å². The summed E-state index contributed by atoms with van der Waals surface area (Å²) in [5, 5.41) is 22.5. The van der Waals surface area contributed by atoms with Gasteiger partial charge in [-0.1, -0.05) is 19.1 Å². The molecule has 5 rings (SSSR count). The first-order valence-electron chi connectivity index (χ1n) is 12.8. The van der Waals surface area contributed by atoms with Gasteiger partial charge < -0.3 is 24.2 Å². The summed E-state index contributed by atoms with van der Waals surface area (Å²) in [6, 6.07) is 7.04. The Hall–Kier alpha value is -3.77. The summed E-state index contributed by atoms with van der Waals surface area (Å²) < 4.78 is 5.83. The number of likely N-dealkylation sites (tertiary alicyclic amines) is 1. The van der Waals surface area contributed by atoms with Crippen molar-refractivity contribution in [2.45, 2.75) is 57.4 Å². The number of carbonyl (C=O) groups excluding carboxylic acids is 1. The number of aliphatic hydroxyl groups excluding tert-OH is 1. The van der Waals surface area contributed by atoms with Crippen LogP contribution in [0, 0.1) is 0 Å². The number of β-amino-alcohol motifs (C(OH)–C–C–N with tert-alkyl or cyclic N) is 2. The van der Waals surface area contributed by atoms with Crippen molar-refractivity contribution in [2.75, 3.05) is 13.1 Å². The topological polar surface area (TPSA) is 140 Å². The van der Waals surface area contributed by atoms with E-state index in [9.17, 15) is 24.6 Å². The van der Waals surface area contributed by atoms with Crippen molar-refractivity contribution < 1.29 is 15.0 Å². The first-order chi connectivity index (χ1) is 18.0. The molecule has 0 saturated carbocycles. The van der Waals surface area contributed by atoms with Crippen molar-refractivity contribution >= 4 is 28.1 Å². The predicted molar refractivity (Wildman–Crippen MR) is 141 cm³/mol. The van der Waals surface area contributed by atoms with Crippen LogP contribution in [0.3, 0.4) is 0 Å². The molecule has 0 radical (unpaired) electrons. The van der Waals surface area contributed by atoms with Gasteiger partial charge in [0.15, 0.2) is 11.2 Å². The van der Waals surface area contributed by atoms with E-state index in [2.05, 4.69) is 9.97 Å². The van der Waals surface area contributed by atoms with E-state index in [1.807, 2.05) is 35.8 Å². The number of fused-ring (bicyclic) bond motifs is 2. The number of amides is 1. The quantitative estimate of drug-likeness (QED) is 0.384. The van der Waals surface area contributed by atoms with Crippen molar-refractivity contribution in [1.82, 2.24) is 33.1 Å². The molecule has 1 aliphatic heterocycles. The van der Waals surface area contributed by atoms with Gasteiger partial charge in [-0.15, -0.1) is 0 Å². The van der Waals surface area contributed by atoms with E-state index in [0.717, 1.165) is 27.8 Å². The zero-order valence-corrected chi connectivity index (χ0v) is 22.0. The second-order valence-electron chi connectivity index (χ2n) is 10.3. The average molecular weight is 524 g/mol. The molecular weight excluding hydrogens is 490 g/mol. The third-order valence-corrected chi connectivity index (χ3v) is 7.62. The van der Waals surface area contributed by atoms with Crippen LogP contribution in [0.5, 0.6) is 0 Å². The van der Waals surface area contributed by atoms with Gasteiger partial charge in [0.25, 0.3) is 5.56 Å². The van der Waals surface area contributed by atoms with Gasteiger partial charge in [0.2, 0.25) is 5.91 Å². The lowest BCUT2D eigenvalue weighted by molar-refractivity contribution is -0.135. The van der Waals surface area contributed by atoms with E-state index in [1.165, 1.54) is 34.5 Å². The number of benzene rings is 1. The van der Waals surface area contributed by atoms with Crippen molar-refractivity contribution in [3.8, 4) is 0 Å². The van der Waals surface area contributed by atoms with Crippen LogP contribution in [-0.2, 0) is 31.9 Å². The number of aromatic nitrogens is 6. The standard InChI is InChI=1S/C26H33N7O5/c1-5-20-28-17-8-6-7-9-18(17)32(20)11-10-21(35)31-13-16(34)12-19(26(2,38)14-31)33-15-27-23-22(33)24(36)30(4)25(37)29(23)3/h6-9,15-16,19,34,38H,5,10-14H2,1-4H3/t16-,19-,26-/m1/s1. The van der Waals surface area contributed by atoms with Crippen LogP contribution in [0.15, 0.2) is 40.2 Å². The lowest BCUT2D eigenvalue weighted by Gasteiger charge is -2.34. The molecule has 3 atom stereocenters. The van der Waals surface area contributed by atoms with Gasteiger partial charge in [-0.2, -0.15) is 0 Å². The smallest absolute Gasteiger partial charge is 0.332 e. The molecule has 4 aromatic rings. The Morgan fingerprint density at radius 2 is 1.92 bits per heavy atom. The van der Waals surface area contributed by atoms with E-state index in [-0.39, 0.29) is 43.0 Å². The number of hydrogen-bond acceptors (Lipinski definition) is 7. The molecule has 3 aromatic heterocycles. The number of aliphatic hydroxyl groups is 2. The number of hydrogen-bond donors (Lipinski definition) is 2. The highest BCUT2D eigenvalue weighted by atomic mass is 16.3. The molecular formula is C26H33N7O5. The number of aryl methyl sites for hydroxylation is 3. The molecule has 1 aliphatic rings. The average Bonchev–Trinajstić information content (AvgIpc) is 3.45. The molecule has 1 aromatic carbocycles. The maximum atomic E-state index is 13.4. The van der Waals surface area contributed by atoms with E-state index < -0.39 is 29.0 Å². The highest BCUT2D eigenvalue weighted by Crippen LogP contribution is 2.33. The maximum absolute atomic E-state index is 13.4. The van der Waals surface area contributed by atoms with E-state index in [0.29, 0.717) is 6.54 Å². The number of carbonyl (C=O) groups is 1. The first-order valence-corrected chi connectivity index (χ1v) is 12.8. The second kappa shape index (κ2) is 9.52. The Balaban J connectivity index is 1.42. The maximum Gasteiger partial charge on any atom is 0.332 e. The lowest BCUT2D eigenvalue weighted by atomic mass is 9.92. The third kappa shape index (κ3) is 4.23.